The molecule has 3 aromatic rings. The summed E-state index contributed by atoms with van der Waals surface area (Å²) in [4.78, 5) is 29.0. The first-order chi connectivity index (χ1) is 15.6. The van der Waals surface area contributed by atoms with E-state index in [1.165, 1.54) is 0 Å². The van der Waals surface area contributed by atoms with Crippen LogP contribution in [0.15, 0.2) is 60.9 Å². The van der Waals surface area contributed by atoms with E-state index in [0.29, 0.717) is 6.54 Å². The van der Waals surface area contributed by atoms with Crippen LogP contribution in [-0.4, -0.2) is 42.8 Å². The highest BCUT2D eigenvalue weighted by molar-refractivity contribution is 14.1. The molecule has 2 unspecified atom stereocenters. The lowest BCUT2D eigenvalue weighted by atomic mass is 9.96. The van der Waals surface area contributed by atoms with Gasteiger partial charge in [-0.3, -0.25) is 9.78 Å². The molecular formula is C25H28IN5O. The number of alkyl halides is 1. The molecule has 0 aliphatic carbocycles. The van der Waals surface area contributed by atoms with Crippen LogP contribution < -0.4 is 5.32 Å². The molecule has 0 radical (unpaired) electrons. The van der Waals surface area contributed by atoms with Crippen molar-refractivity contribution in [1.29, 1.82) is 0 Å². The predicted molar refractivity (Wildman–Crippen MR) is 136 cm³/mol. The Morgan fingerprint density at radius 1 is 1.22 bits per heavy atom. The van der Waals surface area contributed by atoms with Crippen molar-refractivity contribution in [3.63, 3.8) is 0 Å². The van der Waals surface area contributed by atoms with E-state index >= 15 is 0 Å². The number of carbonyl (C=O) groups is 1. The summed E-state index contributed by atoms with van der Waals surface area (Å²) in [6.45, 7) is 3.61. The van der Waals surface area contributed by atoms with Gasteiger partial charge in [0.2, 0.25) is 5.91 Å². The van der Waals surface area contributed by atoms with Gasteiger partial charge in [-0.15, -0.1) is 0 Å². The zero-order chi connectivity index (χ0) is 22.3. The Hall–Kier alpha value is -2.55. The van der Waals surface area contributed by atoms with Gasteiger partial charge in [-0.05, 0) is 43.5 Å². The highest BCUT2D eigenvalue weighted by Crippen LogP contribution is 2.30. The van der Waals surface area contributed by atoms with Crippen molar-refractivity contribution in [3.05, 3.63) is 66.7 Å². The zero-order valence-corrected chi connectivity index (χ0v) is 20.4. The molecule has 166 valence electrons. The summed E-state index contributed by atoms with van der Waals surface area (Å²) in [6, 6.07) is 15.9. The number of aromatic nitrogens is 3. The van der Waals surface area contributed by atoms with E-state index in [0.717, 1.165) is 60.8 Å². The fourth-order valence-corrected chi connectivity index (χ4v) is 5.02. The first-order valence-electron chi connectivity index (χ1n) is 11.2. The maximum absolute atomic E-state index is 12.9. The molecule has 1 amide bonds. The number of carbonyl (C=O) groups excluding carboxylic acids is 1. The summed E-state index contributed by atoms with van der Waals surface area (Å²) in [5.41, 5.74) is 2.76. The van der Waals surface area contributed by atoms with E-state index < -0.39 is 0 Å². The van der Waals surface area contributed by atoms with E-state index in [9.17, 15) is 4.79 Å². The molecule has 2 aromatic heterocycles. The van der Waals surface area contributed by atoms with Crippen LogP contribution in [-0.2, 0) is 4.79 Å². The Labute approximate surface area is 203 Å². The van der Waals surface area contributed by atoms with Crippen LogP contribution in [0.2, 0.25) is 0 Å². The lowest BCUT2D eigenvalue weighted by Gasteiger charge is -2.33. The van der Waals surface area contributed by atoms with Crippen molar-refractivity contribution in [1.82, 2.24) is 19.9 Å². The maximum atomic E-state index is 12.9. The van der Waals surface area contributed by atoms with Gasteiger partial charge in [0.15, 0.2) is 0 Å². The van der Waals surface area contributed by atoms with Gasteiger partial charge in [0, 0.05) is 48.7 Å². The molecule has 2 atom stereocenters. The number of anilines is 2. The number of benzene rings is 1. The first-order valence-corrected chi connectivity index (χ1v) is 12.4. The molecule has 1 aliphatic heterocycles. The fourth-order valence-electron chi connectivity index (χ4n) is 4.01. The largest absolute Gasteiger partial charge is 0.341 e. The van der Waals surface area contributed by atoms with Crippen molar-refractivity contribution >= 4 is 40.0 Å². The van der Waals surface area contributed by atoms with Crippen LogP contribution in [0.3, 0.4) is 0 Å². The second-order valence-corrected chi connectivity index (χ2v) is 9.61. The van der Waals surface area contributed by atoms with Crippen LogP contribution in [0.5, 0.6) is 0 Å². The number of nitrogens with one attached hydrogen (secondary N) is 1. The van der Waals surface area contributed by atoms with Crippen molar-refractivity contribution in [3.8, 4) is 11.3 Å². The lowest BCUT2D eigenvalue weighted by Crippen LogP contribution is -2.43. The Kier molecular flexibility index (Phi) is 7.68. The van der Waals surface area contributed by atoms with Gasteiger partial charge in [-0.25, -0.2) is 9.97 Å². The van der Waals surface area contributed by atoms with Gasteiger partial charge in [0.05, 0.1) is 9.62 Å². The zero-order valence-electron chi connectivity index (χ0n) is 18.2. The maximum Gasteiger partial charge on any atom is 0.235 e. The van der Waals surface area contributed by atoms with Crippen molar-refractivity contribution in [2.45, 2.75) is 42.4 Å². The van der Waals surface area contributed by atoms with Crippen molar-refractivity contribution < 1.29 is 4.79 Å². The molecule has 0 bridgehead atoms. The highest BCUT2D eigenvalue weighted by atomic mass is 127. The van der Waals surface area contributed by atoms with Crippen LogP contribution in [0, 0.1) is 0 Å². The number of halogens is 1. The molecule has 7 heteroatoms. The third-order valence-electron chi connectivity index (χ3n) is 5.66. The molecule has 0 spiro atoms. The Morgan fingerprint density at radius 3 is 2.81 bits per heavy atom. The molecule has 3 heterocycles. The van der Waals surface area contributed by atoms with Crippen LogP contribution in [0.1, 0.15) is 44.3 Å². The summed E-state index contributed by atoms with van der Waals surface area (Å²) in [7, 11) is 0. The Balaban J connectivity index is 1.63. The Morgan fingerprint density at radius 2 is 2.06 bits per heavy atom. The normalized spacial score (nSPS) is 17.1. The van der Waals surface area contributed by atoms with E-state index in [1.807, 2.05) is 59.6 Å². The van der Waals surface area contributed by atoms with E-state index in [1.54, 1.807) is 6.20 Å². The standard InChI is InChI=1S/C25H28IN5O/c1-2-8-21(26)25(32)31-14-7-10-19(17-31)24-29-22(18-9-6-13-27-16-18)15-23(30-24)28-20-11-4-3-5-12-20/h3-6,9,11-13,15-16,19,21H,2,7-8,10,14,17H2,1H3,(H,28,29,30). The van der Waals surface area contributed by atoms with Crippen LogP contribution in [0.25, 0.3) is 11.3 Å². The number of pyridine rings is 1. The average Bonchev–Trinajstić information content (AvgIpc) is 2.85. The number of amides is 1. The van der Waals surface area contributed by atoms with E-state index in [2.05, 4.69) is 39.8 Å². The minimum Gasteiger partial charge on any atom is -0.341 e. The molecular weight excluding hydrogens is 513 g/mol. The van der Waals surface area contributed by atoms with Crippen LogP contribution >= 0.6 is 22.6 Å². The number of para-hydroxylation sites is 1. The van der Waals surface area contributed by atoms with Gasteiger partial charge >= 0.3 is 0 Å². The topological polar surface area (TPSA) is 71.0 Å². The van der Waals surface area contributed by atoms with Gasteiger partial charge in [-0.2, -0.15) is 0 Å². The molecule has 1 fully saturated rings. The third-order valence-corrected chi connectivity index (χ3v) is 6.81. The SMILES string of the molecule is CCCC(I)C(=O)N1CCCC(c2nc(Nc3ccccc3)cc(-c3cccnc3)n2)C1. The second-order valence-electron chi connectivity index (χ2n) is 8.11. The second kappa shape index (κ2) is 10.8. The number of rotatable bonds is 7. The van der Waals surface area contributed by atoms with Crippen LogP contribution in [0.4, 0.5) is 11.5 Å². The van der Waals surface area contributed by atoms with Crippen molar-refractivity contribution in [2.75, 3.05) is 18.4 Å². The third kappa shape index (κ3) is 5.62. The molecule has 4 rings (SSSR count). The fraction of sp³-hybridized carbons (Fsp3) is 0.360. The summed E-state index contributed by atoms with van der Waals surface area (Å²) in [5, 5.41) is 3.41. The molecule has 1 aromatic carbocycles. The minimum atomic E-state index is 0.0364. The molecule has 0 saturated carbocycles. The van der Waals surface area contributed by atoms with Gasteiger partial charge < -0.3 is 10.2 Å². The number of piperidine rings is 1. The minimum absolute atomic E-state index is 0.0364. The smallest absolute Gasteiger partial charge is 0.235 e. The summed E-state index contributed by atoms with van der Waals surface area (Å²) in [6.07, 6.45) is 7.45. The van der Waals surface area contributed by atoms with E-state index in [4.69, 9.17) is 9.97 Å². The average molecular weight is 541 g/mol. The van der Waals surface area contributed by atoms with Gasteiger partial charge in [-0.1, -0.05) is 54.1 Å². The number of likely N-dealkylation sites (tertiary alicyclic amines) is 1. The van der Waals surface area contributed by atoms with Gasteiger partial charge in [0.25, 0.3) is 0 Å². The summed E-state index contributed by atoms with van der Waals surface area (Å²) >= 11 is 2.28. The van der Waals surface area contributed by atoms with E-state index in [-0.39, 0.29) is 15.7 Å². The number of hydrogen-bond donors (Lipinski definition) is 1. The Bertz CT molecular complexity index is 1030. The molecule has 6 nitrogen and oxygen atoms in total. The molecule has 1 aliphatic rings. The molecule has 32 heavy (non-hydrogen) atoms. The monoisotopic (exact) mass is 541 g/mol. The predicted octanol–water partition coefficient (Wildman–Crippen LogP) is 5.59. The van der Waals surface area contributed by atoms with Gasteiger partial charge in [0.1, 0.15) is 11.6 Å². The highest BCUT2D eigenvalue weighted by Gasteiger charge is 2.29. The van der Waals surface area contributed by atoms with Crippen molar-refractivity contribution in [2.24, 2.45) is 0 Å². The first kappa shape index (κ1) is 22.6. The number of hydrogen-bond acceptors (Lipinski definition) is 5. The quantitative estimate of drug-likeness (QED) is 0.312. The number of nitrogens with zero attached hydrogens (tertiary/aromatic N) is 4. The molecule has 1 N–H and O–H groups in total. The molecule has 1 saturated heterocycles. The summed E-state index contributed by atoms with van der Waals surface area (Å²) < 4.78 is 0.0364. The summed E-state index contributed by atoms with van der Waals surface area (Å²) in [5.74, 6) is 1.89. The lowest BCUT2D eigenvalue weighted by molar-refractivity contribution is -0.131.